The van der Waals surface area contributed by atoms with Crippen molar-refractivity contribution in [3.05, 3.63) is 60.2 Å². The van der Waals surface area contributed by atoms with Gasteiger partial charge in [0, 0.05) is 18.3 Å². The third-order valence-corrected chi connectivity index (χ3v) is 3.06. The van der Waals surface area contributed by atoms with Crippen molar-refractivity contribution in [2.75, 3.05) is 18.5 Å². The molecule has 126 valence electrons. The second kappa shape index (κ2) is 9.19. The van der Waals surface area contributed by atoms with Crippen LogP contribution < -0.4 is 15.4 Å². The number of rotatable bonds is 7. The summed E-state index contributed by atoms with van der Waals surface area (Å²) >= 11 is 0. The van der Waals surface area contributed by atoms with Crippen LogP contribution in [0.5, 0.6) is 5.75 Å². The average molecular weight is 328 g/mol. The Labute approximate surface area is 140 Å². The highest BCUT2D eigenvalue weighted by molar-refractivity contribution is 5.84. The number of nitrogens with one attached hydrogen (secondary N) is 2. The van der Waals surface area contributed by atoms with Crippen molar-refractivity contribution < 1.29 is 19.1 Å². The minimum Gasteiger partial charge on any atom is -0.484 e. The van der Waals surface area contributed by atoms with E-state index in [1.807, 2.05) is 30.3 Å². The summed E-state index contributed by atoms with van der Waals surface area (Å²) in [6, 6.07) is 16.4. The lowest BCUT2D eigenvalue weighted by atomic mass is 10.2. The summed E-state index contributed by atoms with van der Waals surface area (Å²) in [7, 11) is 0. The van der Waals surface area contributed by atoms with E-state index in [1.165, 1.54) is 0 Å². The van der Waals surface area contributed by atoms with Gasteiger partial charge in [0.25, 0.3) is 5.91 Å². The van der Waals surface area contributed by atoms with Crippen LogP contribution in [0.15, 0.2) is 54.6 Å². The molecule has 2 aromatic rings. The van der Waals surface area contributed by atoms with Crippen molar-refractivity contribution in [1.82, 2.24) is 5.32 Å². The Kier molecular flexibility index (Phi) is 6.64. The molecular formula is C18H20N2O4. The van der Waals surface area contributed by atoms with Gasteiger partial charge in [-0.15, -0.1) is 0 Å². The van der Waals surface area contributed by atoms with Crippen LogP contribution in [0.3, 0.4) is 0 Å². The monoisotopic (exact) mass is 328 g/mol. The normalized spacial score (nSPS) is 9.88. The molecule has 2 rings (SSSR count). The summed E-state index contributed by atoms with van der Waals surface area (Å²) in [5.41, 5.74) is 1.56. The molecule has 0 heterocycles. The Balaban J connectivity index is 1.79. The van der Waals surface area contributed by atoms with E-state index in [9.17, 15) is 9.59 Å². The molecule has 0 spiro atoms. The summed E-state index contributed by atoms with van der Waals surface area (Å²) in [5, 5.41) is 5.35. The number of hydrogen-bond donors (Lipinski definition) is 2. The highest BCUT2D eigenvalue weighted by atomic mass is 16.5. The number of benzene rings is 2. The van der Waals surface area contributed by atoms with E-state index in [-0.39, 0.29) is 12.5 Å². The fraction of sp³-hybridized carbons (Fsp3) is 0.222. The van der Waals surface area contributed by atoms with Gasteiger partial charge in [-0.1, -0.05) is 36.4 Å². The van der Waals surface area contributed by atoms with Crippen LogP contribution in [-0.2, 0) is 16.1 Å². The first-order chi connectivity index (χ1) is 11.7. The lowest BCUT2D eigenvalue weighted by Gasteiger charge is -2.09. The van der Waals surface area contributed by atoms with Gasteiger partial charge in [0.15, 0.2) is 6.61 Å². The average Bonchev–Trinajstić information content (AvgIpc) is 2.59. The predicted octanol–water partition coefficient (Wildman–Crippen LogP) is 2.95. The van der Waals surface area contributed by atoms with Crippen LogP contribution in [0.2, 0.25) is 0 Å². The van der Waals surface area contributed by atoms with Gasteiger partial charge in [-0.2, -0.15) is 0 Å². The number of hydrogen-bond acceptors (Lipinski definition) is 4. The second-order valence-electron chi connectivity index (χ2n) is 4.92. The van der Waals surface area contributed by atoms with Crippen molar-refractivity contribution in [2.24, 2.45) is 0 Å². The summed E-state index contributed by atoms with van der Waals surface area (Å²) in [6.45, 7) is 2.37. The van der Waals surface area contributed by atoms with Crippen molar-refractivity contribution in [3.8, 4) is 5.75 Å². The Bertz CT molecular complexity index is 674. The van der Waals surface area contributed by atoms with E-state index in [0.717, 1.165) is 5.56 Å². The molecule has 0 aliphatic rings. The Morgan fingerprint density at radius 2 is 1.83 bits per heavy atom. The molecule has 6 heteroatoms. The van der Waals surface area contributed by atoms with Gasteiger partial charge in [-0.25, -0.2) is 4.79 Å². The largest absolute Gasteiger partial charge is 0.484 e. The minimum atomic E-state index is -0.532. The Morgan fingerprint density at radius 3 is 2.58 bits per heavy atom. The molecule has 2 amide bonds. The van der Waals surface area contributed by atoms with Gasteiger partial charge in [0.2, 0.25) is 0 Å². The maximum atomic E-state index is 11.8. The Hall–Kier alpha value is -3.02. The minimum absolute atomic E-state index is 0.101. The molecule has 0 fully saturated rings. The van der Waals surface area contributed by atoms with Crippen LogP contribution in [0, 0.1) is 0 Å². The summed E-state index contributed by atoms with van der Waals surface area (Å²) in [4.78, 5) is 23.2. The summed E-state index contributed by atoms with van der Waals surface area (Å²) in [5.74, 6) is 0.266. The predicted molar refractivity (Wildman–Crippen MR) is 90.9 cm³/mol. The van der Waals surface area contributed by atoms with Crippen molar-refractivity contribution in [1.29, 1.82) is 0 Å². The number of anilines is 1. The molecule has 0 unspecified atom stereocenters. The van der Waals surface area contributed by atoms with Gasteiger partial charge >= 0.3 is 6.09 Å². The smallest absolute Gasteiger partial charge is 0.411 e. The van der Waals surface area contributed by atoms with E-state index in [4.69, 9.17) is 9.47 Å². The Morgan fingerprint density at radius 1 is 1.04 bits per heavy atom. The third-order valence-electron chi connectivity index (χ3n) is 3.06. The molecule has 0 atom stereocenters. The maximum Gasteiger partial charge on any atom is 0.411 e. The number of amides is 2. The van der Waals surface area contributed by atoms with Crippen LogP contribution in [-0.4, -0.2) is 25.2 Å². The molecule has 0 saturated carbocycles. The lowest BCUT2D eigenvalue weighted by molar-refractivity contribution is -0.123. The lowest BCUT2D eigenvalue weighted by Crippen LogP contribution is -2.28. The molecular weight excluding hydrogens is 308 g/mol. The fourth-order valence-electron chi connectivity index (χ4n) is 1.95. The molecule has 0 saturated heterocycles. The van der Waals surface area contributed by atoms with Crippen LogP contribution in [0.1, 0.15) is 12.5 Å². The first-order valence-corrected chi connectivity index (χ1v) is 7.64. The van der Waals surface area contributed by atoms with Gasteiger partial charge in [-0.05, 0) is 24.6 Å². The molecule has 2 N–H and O–H groups in total. The van der Waals surface area contributed by atoms with Gasteiger partial charge < -0.3 is 14.8 Å². The summed E-state index contributed by atoms with van der Waals surface area (Å²) < 4.78 is 10.2. The van der Waals surface area contributed by atoms with Crippen LogP contribution in [0.4, 0.5) is 10.5 Å². The zero-order valence-corrected chi connectivity index (χ0v) is 13.5. The van der Waals surface area contributed by atoms with Crippen LogP contribution >= 0.6 is 0 Å². The third kappa shape index (κ3) is 6.00. The van der Waals surface area contributed by atoms with E-state index < -0.39 is 6.09 Å². The molecule has 0 aromatic heterocycles. The molecule has 0 radical (unpaired) electrons. The number of carbonyl (C=O) groups is 2. The topological polar surface area (TPSA) is 76.7 Å². The van der Waals surface area contributed by atoms with Gasteiger partial charge in [0.05, 0.1) is 6.61 Å². The van der Waals surface area contributed by atoms with Gasteiger partial charge in [0.1, 0.15) is 5.75 Å². The van der Waals surface area contributed by atoms with E-state index in [1.54, 1.807) is 31.2 Å². The summed E-state index contributed by atoms with van der Waals surface area (Å²) in [6.07, 6.45) is -0.532. The fourth-order valence-corrected chi connectivity index (χ4v) is 1.95. The molecule has 0 aliphatic carbocycles. The molecule has 0 aliphatic heterocycles. The SMILES string of the molecule is CCOC(=O)Nc1cccc(OCC(=O)NCc2ccccc2)c1. The molecule has 6 nitrogen and oxygen atoms in total. The molecule has 2 aromatic carbocycles. The van der Waals surface area contributed by atoms with Crippen LogP contribution in [0.25, 0.3) is 0 Å². The molecule has 0 bridgehead atoms. The van der Waals surface area contributed by atoms with Crippen molar-refractivity contribution in [3.63, 3.8) is 0 Å². The van der Waals surface area contributed by atoms with E-state index in [0.29, 0.717) is 24.6 Å². The first-order valence-electron chi connectivity index (χ1n) is 7.64. The number of ether oxygens (including phenoxy) is 2. The maximum absolute atomic E-state index is 11.8. The van der Waals surface area contributed by atoms with E-state index in [2.05, 4.69) is 10.6 Å². The zero-order chi connectivity index (χ0) is 17.2. The van der Waals surface area contributed by atoms with Crippen molar-refractivity contribution in [2.45, 2.75) is 13.5 Å². The van der Waals surface area contributed by atoms with Gasteiger partial charge in [-0.3, -0.25) is 10.1 Å². The highest BCUT2D eigenvalue weighted by Crippen LogP contribution is 2.17. The standard InChI is InChI=1S/C18H20N2O4/c1-2-23-18(22)20-15-9-6-10-16(11-15)24-13-17(21)19-12-14-7-4-3-5-8-14/h3-11H,2,12-13H2,1H3,(H,19,21)(H,20,22). The quantitative estimate of drug-likeness (QED) is 0.819. The highest BCUT2D eigenvalue weighted by Gasteiger charge is 2.05. The second-order valence-corrected chi connectivity index (χ2v) is 4.92. The molecule has 24 heavy (non-hydrogen) atoms. The van der Waals surface area contributed by atoms with E-state index >= 15 is 0 Å². The first kappa shape index (κ1) is 17.3. The number of carbonyl (C=O) groups excluding carboxylic acids is 2. The zero-order valence-electron chi connectivity index (χ0n) is 13.5. The van der Waals surface area contributed by atoms with Crippen molar-refractivity contribution >= 4 is 17.7 Å².